The standard InChI is InChI=1S/C16H19N3OS/c1-9(13-7-15-14(17-8-13)5-6-21-15)18-10(2)16-11(3)19-20-12(16)4/h5-10,18H,1-4H3. The summed E-state index contributed by atoms with van der Waals surface area (Å²) >= 11 is 1.73. The van der Waals surface area contributed by atoms with Crippen LogP contribution in [0.15, 0.2) is 28.2 Å². The van der Waals surface area contributed by atoms with Crippen molar-refractivity contribution in [3.63, 3.8) is 0 Å². The molecule has 0 spiro atoms. The Balaban J connectivity index is 1.80. The Morgan fingerprint density at radius 1 is 1.24 bits per heavy atom. The van der Waals surface area contributed by atoms with E-state index in [1.165, 1.54) is 10.3 Å². The molecule has 0 aliphatic heterocycles. The van der Waals surface area contributed by atoms with Gasteiger partial charge in [-0.2, -0.15) is 0 Å². The summed E-state index contributed by atoms with van der Waals surface area (Å²) in [6.45, 7) is 8.23. The van der Waals surface area contributed by atoms with Crippen LogP contribution < -0.4 is 5.32 Å². The maximum atomic E-state index is 5.25. The minimum Gasteiger partial charge on any atom is -0.361 e. The maximum Gasteiger partial charge on any atom is 0.138 e. The summed E-state index contributed by atoms with van der Waals surface area (Å²) in [7, 11) is 0. The van der Waals surface area contributed by atoms with Gasteiger partial charge in [0.15, 0.2) is 0 Å². The topological polar surface area (TPSA) is 51.0 Å². The van der Waals surface area contributed by atoms with Crippen LogP contribution in [0.5, 0.6) is 0 Å². The molecule has 3 aromatic rings. The molecule has 3 heterocycles. The fraction of sp³-hybridized carbons (Fsp3) is 0.375. The number of fused-ring (bicyclic) bond motifs is 1. The summed E-state index contributed by atoms with van der Waals surface area (Å²) in [5, 5.41) is 9.70. The van der Waals surface area contributed by atoms with Gasteiger partial charge in [0.05, 0.1) is 15.9 Å². The van der Waals surface area contributed by atoms with Crippen molar-refractivity contribution in [3.05, 3.63) is 46.3 Å². The summed E-state index contributed by atoms with van der Waals surface area (Å²) in [5.41, 5.74) is 4.36. The molecule has 1 N–H and O–H groups in total. The lowest BCUT2D eigenvalue weighted by atomic mass is 10.0. The average Bonchev–Trinajstić information content (AvgIpc) is 3.04. The molecule has 0 saturated carbocycles. The third-order valence-electron chi connectivity index (χ3n) is 3.85. The summed E-state index contributed by atoms with van der Waals surface area (Å²) in [5.74, 6) is 0.881. The van der Waals surface area contributed by atoms with Gasteiger partial charge in [0, 0.05) is 23.8 Å². The molecule has 21 heavy (non-hydrogen) atoms. The number of aryl methyl sites for hydroxylation is 2. The van der Waals surface area contributed by atoms with E-state index in [2.05, 4.69) is 40.8 Å². The zero-order chi connectivity index (χ0) is 15.0. The van der Waals surface area contributed by atoms with Gasteiger partial charge >= 0.3 is 0 Å². The van der Waals surface area contributed by atoms with E-state index in [0.29, 0.717) is 0 Å². The Bertz CT molecular complexity index is 742. The van der Waals surface area contributed by atoms with Crippen LogP contribution in [-0.4, -0.2) is 10.1 Å². The second-order valence-corrected chi connectivity index (χ2v) is 6.37. The first-order chi connectivity index (χ1) is 10.1. The highest BCUT2D eigenvalue weighted by Gasteiger charge is 2.18. The van der Waals surface area contributed by atoms with Crippen LogP contribution in [0.4, 0.5) is 0 Å². The molecule has 0 saturated heterocycles. The molecule has 0 aromatic carbocycles. The number of hydrogen-bond donors (Lipinski definition) is 1. The third-order valence-corrected chi connectivity index (χ3v) is 4.70. The number of nitrogens with one attached hydrogen (secondary N) is 1. The molecule has 0 aliphatic rings. The SMILES string of the molecule is Cc1noc(C)c1C(C)NC(C)c1cnc2ccsc2c1. The van der Waals surface area contributed by atoms with Gasteiger partial charge in [-0.05, 0) is 50.8 Å². The van der Waals surface area contributed by atoms with E-state index in [1.807, 2.05) is 26.1 Å². The minimum absolute atomic E-state index is 0.185. The molecule has 0 aliphatic carbocycles. The second kappa shape index (κ2) is 5.58. The highest BCUT2D eigenvalue weighted by atomic mass is 32.1. The number of pyridine rings is 1. The summed E-state index contributed by atoms with van der Waals surface area (Å²) in [4.78, 5) is 4.51. The van der Waals surface area contributed by atoms with E-state index in [4.69, 9.17) is 4.52 Å². The van der Waals surface area contributed by atoms with E-state index in [1.54, 1.807) is 11.3 Å². The van der Waals surface area contributed by atoms with Gasteiger partial charge in [0.1, 0.15) is 5.76 Å². The molecule has 0 amide bonds. The monoisotopic (exact) mass is 301 g/mol. The highest BCUT2D eigenvalue weighted by Crippen LogP contribution is 2.26. The largest absolute Gasteiger partial charge is 0.361 e. The number of rotatable bonds is 4. The van der Waals surface area contributed by atoms with Crippen LogP contribution in [0.1, 0.15) is 48.5 Å². The van der Waals surface area contributed by atoms with Crippen LogP contribution in [0, 0.1) is 13.8 Å². The van der Waals surface area contributed by atoms with Gasteiger partial charge in [-0.1, -0.05) is 5.16 Å². The maximum absolute atomic E-state index is 5.25. The van der Waals surface area contributed by atoms with E-state index in [9.17, 15) is 0 Å². The lowest BCUT2D eigenvalue weighted by Gasteiger charge is -2.20. The first-order valence-electron chi connectivity index (χ1n) is 7.08. The quantitative estimate of drug-likeness (QED) is 0.780. The molecule has 3 rings (SSSR count). The molecule has 0 radical (unpaired) electrons. The van der Waals surface area contributed by atoms with Crippen LogP contribution in [-0.2, 0) is 0 Å². The molecular weight excluding hydrogens is 282 g/mol. The molecular formula is C16H19N3OS. The van der Waals surface area contributed by atoms with Crippen molar-refractivity contribution in [1.82, 2.24) is 15.5 Å². The minimum atomic E-state index is 0.185. The van der Waals surface area contributed by atoms with Gasteiger partial charge in [0.2, 0.25) is 0 Å². The van der Waals surface area contributed by atoms with Gasteiger partial charge in [0.25, 0.3) is 0 Å². The molecule has 2 atom stereocenters. The third kappa shape index (κ3) is 2.71. The van der Waals surface area contributed by atoms with Crippen molar-refractivity contribution in [2.24, 2.45) is 0 Å². The molecule has 2 unspecified atom stereocenters. The summed E-state index contributed by atoms with van der Waals surface area (Å²) in [6.07, 6.45) is 1.95. The predicted octanol–water partition coefficient (Wildman–Crippen LogP) is 4.31. The van der Waals surface area contributed by atoms with Crippen LogP contribution in [0.3, 0.4) is 0 Å². The van der Waals surface area contributed by atoms with Gasteiger partial charge in [-0.25, -0.2) is 0 Å². The molecule has 3 aromatic heterocycles. The average molecular weight is 301 g/mol. The molecule has 0 bridgehead atoms. The number of hydrogen-bond acceptors (Lipinski definition) is 5. The fourth-order valence-electron chi connectivity index (χ4n) is 2.76. The number of thiophene rings is 1. The Morgan fingerprint density at radius 3 is 2.76 bits per heavy atom. The first kappa shape index (κ1) is 14.2. The Morgan fingerprint density at radius 2 is 2.05 bits per heavy atom. The van der Waals surface area contributed by atoms with Crippen molar-refractivity contribution in [1.29, 1.82) is 0 Å². The smallest absolute Gasteiger partial charge is 0.138 e. The molecule has 5 heteroatoms. The molecule has 110 valence electrons. The van der Waals surface area contributed by atoms with Gasteiger partial charge in [-0.3, -0.25) is 4.98 Å². The number of aromatic nitrogens is 2. The van der Waals surface area contributed by atoms with Crippen LogP contribution in [0.25, 0.3) is 10.2 Å². The highest BCUT2D eigenvalue weighted by molar-refractivity contribution is 7.17. The van der Waals surface area contributed by atoms with Crippen molar-refractivity contribution in [2.75, 3.05) is 0 Å². The lowest BCUT2D eigenvalue weighted by molar-refractivity contribution is 0.389. The Hall–Kier alpha value is -1.72. The molecule has 4 nitrogen and oxygen atoms in total. The summed E-state index contributed by atoms with van der Waals surface area (Å²) < 4.78 is 6.48. The zero-order valence-corrected chi connectivity index (χ0v) is 13.5. The number of nitrogens with zero attached hydrogens (tertiary/aromatic N) is 2. The Kier molecular flexibility index (Phi) is 3.78. The van der Waals surface area contributed by atoms with Crippen LogP contribution >= 0.6 is 11.3 Å². The first-order valence-corrected chi connectivity index (χ1v) is 7.96. The Labute approximate surface area is 128 Å². The van der Waals surface area contributed by atoms with Crippen molar-refractivity contribution >= 4 is 21.6 Å². The second-order valence-electron chi connectivity index (χ2n) is 5.42. The van der Waals surface area contributed by atoms with Crippen molar-refractivity contribution in [2.45, 2.75) is 39.8 Å². The normalized spacial score (nSPS) is 14.5. The van der Waals surface area contributed by atoms with E-state index >= 15 is 0 Å². The fourth-order valence-corrected chi connectivity index (χ4v) is 3.55. The molecule has 0 fully saturated rings. The van der Waals surface area contributed by atoms with Crippen LogP contribution in [0.2, 0.25) is 0 Å². The lowest BCUT2D eigenvalue weighted by Crippen LogP contribution is -2.23. The van der Waals surface area contributed by atoms with E-state index in [-0.39, 0.29) is 12.1 Å². The van der Waals surface area contributed by atoms with Gasteiger partial charge < -0.3 is 9.84 Å². The predicted molar refractivity (Wildman–Crippen MR) is 85.6 cm³/mol. The summed E-state index contributed by atoms with van der Waals surface area (Å²) in [6, 6.07) is 4.66. The zero-order valence-electron chi connectivity index (χ0n) is 12.7. The van der Waals surface area contributed by atoms with Crippen molar-refractivity contribution in [3.8, 4) is 0 Å². The van der Waals surface area contributed by atoms with E-state index < -0.39 is 0 Å². The van der Waals surface area contributed by atoms with Gasteiger partial charge in [-0.15, -0.1) is 11.3 Å². The van der Waals surface area contributed by atoms with Crippen molar-refractivity contribution < 1.29 is 4.52 Å². The van der Waals surface area contributed by atoms with E-state index in [0.717, 1.165) is 22.5 Å².